The third-order valence-electron chi connectivity index (χ3n) is 5.23. The molecule has 3 aromatic heterocycles. The van der Waals surface area contributed by atoms with E-state index in [1.807, 2.05) is 6.92 Å². The molecule has 9 nitrogen and oxygen atoms in total. The van der Waals surface area contributed by atoms with Gasteiger partial charge in [-0.3, -0.25) is 0 Å². The van der Waals surface area contributed by atoms with Crippen molar-refractivity contribution in [2.24, 2.45) is 0 Å². The minimum absolute atomic E-state index is 0.0365. The Morgan fingerprint density at radius 3 is 2.84 bits per heavy atom. The Morgan fingerprint density at radius 2 is 2.10 bits per heavy atom. The molecule has 5 rings (SSSR count). The third-order valence-corrected chi connectivity index (χ3v) is 7.46. The number of nitrogens with two attached hydrogens (primary N) is 1. The van der Waals surface area contributed by atoms with Gasteiger partial charge in [0.25, 0.3) is 0 Å². The van der Waals surface area contributed by atoms with E-state index in [4.69, 9.17) is 15.5 Å². The van der Waals surface area contributed by atoms with Gasteiger partial charge in [0.15, 0.2) is 15.7 Å². The zero-order valence-electron chi connectivity index (χ0n) is 16.7. The fourth-order valence-corrected chi connectivity index (χ4v) is 6.03. The lowest BCUT2D eigenvalue weighted by atomic mass is 10.2. The number of benzene rings is 1. The lowest BCUT2D eigenvalue weighted by molar-refractivity contribution is 0.0987. The summed E-state index contributed by atoms with van der Waals surface area (Å²) in [6.07, 6.45) is 1.15. The van der Waals surface area contributed by atoms with Crippen molar-refractivity contribution < 1.29 is 17.5 Å². The fraction of sp³-hybridized carbons (Fsp3) is 0.316. The van der Waals surface area contributed by atoms with E-state index in [0.717, 1.165) is 6.26 Å². The van der Waals surface area contributed by atoms with Gasteiger partial charge in [0, 0.05) is 24.2 Å². The molecule has 0 bridgehead atoms. The van der Waals surface area contributed by atoms with E-state index in [9.17, 15) is 12.8 Å². The first-order valence-corrected chi connectivity index (χ1v) is 12.3. The molecule has 2 N–H and O–H groups in total. The molecular formula is C19H19FN6O3S2. The molecule has 1 fully saturated rings. The van der Waals surface area contributed by atoms with Crippen LogP contribution in [0.2, 0.25) is 0 Å². The fourth-order valence-electron chi connectivity index (χ4n) is 3.75. The Morgan fingerprint density at radius 1 is 1.29 bits per heavy atom. The van der Waals surface area contributed by atoms with Crippen LogP contribution in [0.5, 0.6) is 0 Å². The van der Waals surface area contributed by atoms with E-state index in [0.29, 0.717) is 46.8 Å². The molecule has 4 aromatic rings. The average Bonchev–Trinajstić information content (AvgIpc) is 3.27. The molecule has 0 aliphatic carbocycles. The number of anilines is 2. The van der Waals surface area contributed by atoms with Crippen LogP contribution in [0.3, 0.4) is 0 Å². The molecule has 12 heteroatoms. The summed E-state index contributed by atoms with van der Waals surface area (Å²) in [5, 5.41) is 1.58. The predicted octanol–water partition coefficient (Wildman–Crippen LogP) is 2.38. The summed E-state index contributed by atoms with van der Waals surface area (Å²) in [5.41, 5.74) is 7.34. The molecule has 0 saturated carbocycles. The van der Waals surface area contributed by atoms with Crippen LogP contribution in [-0.4, -0.2) is 60.0 Å². The Balaban J connectivity index is 1.83. The largest absolute Gasteiger partial charge is 0.377 e. The molecule has 31 heavy (non-hydrogen) atoms. The highest BCUT2D eigenvalue weighted by molar-refractivity contribution is 7.91. The number of aromatic nitrogens is 4. The molecular weight excluding hydrogens is 443 g/mol. The van der Waals surface area contributed by atoms with Gasteiger partial charge in [-0.2, -0.15) is 4.98 Å². The number of morpholine rings is 1. The number of hydrogen-bond acceptors (Lipinski definition) is 9. The van der Waals surface area contributed by atoms with Gasteiger partial charge in [0.2, 0.25) is 11.9 Å². The van der Waals surface area contributed by atoms with Crippen molar-refractivity contribution in [3.8, 4) is 5.95 Å². The summed E-state index contributed by atoms with van der Waals surface area (Å²) in [6.45, 7) is 3.68. The topological polar surface area (TPSA) is 116 Å². The standard InChI is InChI=1S/C19H19FN6O3S2/c1-10-8-29-6-5-25(10)17-16-15(14(9-30-16)31(2,27)28)23-19(24-17)26-13-4-3-11(20)7-12(13)22-18(26)21/h3-4,7,9-10H,5-6,8H2,1-2H3,(H2,21,22)/t10-/m1/s1. The highest BCUT2D eigenvalue weighted by Gasteiger charge is 2.28. The van der Waals surface area contributed by atoms with Crippen LogP contribution in [0.25, 0.3) is 27.2 Å². The van der Waals surface area contributed by atoms with Crippen molar-refractivity contribution in [1.82, 2.24) is 19.5 Å². The van der Waals surface area contributed by atoms with Gasteiger partial charge in [-0.1, -0.05) is 0 Å². The number of nitrogens with zero attached hydrogens (tertiary/aromatic N) is 5. The molecule has 1 saturated heterocycles. The number of ether oxygens (including phenoxy) is 1. The van der Waals surface area contributed by atoms with Crippen molar-refractivity contribution in [1.29, 1.82) is 0 Å². The molecule has 1 atom stereocenters. The van der Waals surface area contributed by atoms with Crippen LogP contribution in [0.4, 0.5) is 16.2 Å². The number of nitrogen functional groups attached to an aromatic ring is 1. The van der Waals surface area contributed by atoms with E-state index >= 15 is 0 Å². The smallest absolute Gasteiger partial charge is 0.239 e. The Labute approximate surface area is 181 Å². The van der Waals surface area contributed by atoms with E-state index in [-0.39, 0.29) is 22.8 Å². The number of imidazole rings is 1. The Hall–Kier alpha value is -2.83. The summed E-state index contributed by atoms with van der Waals surface area (Å²) < 4.78 is 46.2. The average molecular weight is 463 g/mol. The second-order valence-corrected chi connectivity index (χ2v) is 10.3. The van der Waals surface area contributed by atoms with E-state index in [2.05, 4.69) is 14.9 Å². The number of halogens is 1. The van der Waals surface area contributed by atoms with Gasteiger partial charge in [-0.15, -0.1) is 11.3 Å². The van der Waals surface area contributed by atoms with Gasteiger partial charge in [0.05, 0.1) is 35.0 Å². The lowest BCUT2D eigenvalue weighted by Gasteiger charge is -2.34. The normalized spacial score (nSPS) is 17.6. The van der Waals surface area contributed by atoms with Crippen molar-refractivity contribution in [2.45, 2.75) is 17.9 Å². The molecule has 162 valence electrons. The zero-order valence-corrected chi connectivity index (χ0v) is 18.4. The summed E-state index contributed by atoms with van der Waals surface area (Å²) in [6, 6.07) is 4.16. The molecule has 1 aliphatic rings. The van der Waals surface area contributed by atoms with Crippen LogP contribution < -0.4 is 10.6 Å². The minimum atomic E-state index is -3.52. The van der Waals surface area contributed by atoms with Crippen molar-refractivity contribution in [3.63, 3.8) is 0 Å². The van der Waals surface area contributed by atoms with Gasteiger partial charge >= 0.3 is 0 Å². The highest BCUT2D eigenvalue weighted by Crippen LogP contribution is 2.37. The van der Waals surface area contributed by atoms with Crippen LogP contribution in [0.1, 0.15) is 6.92 Å². The van der Waals surface area contributed by atoms with Crippen LogP contribution in [0, 0.1) is 5.82 Å². The predicted molar refractivity (Wildman–Crippen MR) is 117 cm³/mol. The number of fused-ring (bicyclic) bond motifs is 2. The minimum Gasteiger partial charge on any atom is -0.377 e. The first-order valence-electron chi connectivity index (χ1n) is 9.51. The Bertz CT molecular complexity index is 1430. The first kappa shape index (κ1) is 20.1. The van der Waals surface area contributed by atoms with Gasteiger partial charge in [-0.05, 0) is 19.1 Å². The maximum atomic E-state index is 13.7. The van der Waals surface area contributed by atoms with Gasteiger partial charge < -0.3 is 15.4 Å². The molecule has 1 aromatic carbocycles. The number of sulfone groups is 1. The van der Waals surface area contributed by atoms with Crippen LogP contribution in [0.15, 0.2) is 28.5 Å². The van der Waals surface area contributed by atoms with Crippen molar-refractivity contribution >= 4 is 54.2 Å². The van der Waals surface area contributed by atoms with Gasteiger partial charge in [0.1, 0.15) is 16.2 Å². The SMILES string of the molecule is C[C@@H]1COCCN1c1nc(-n2c(N)nc3cc(F)ccc32)nc2c(S(C)(=O)=O)csc12. The van der Waals surface area contributed by atoms with E-state index in [1.165, 1.54) is 28.0 Å². The quantitative estimate of drug-likeness (QED) is 0.493. The molecule has 4 heterocycles. The number of thiophene rings is 1. The van der Waals surface area contributed by atoms with Crippen LogP contribution >= 0.6 is 11.3 Å². The lowest BCUT2D eigenvalue weighted by Crippen LogP contribution is -2.44. The number of hydrogen-bond donors (Lipinski definition) is 1. The molecule has 0 radical (unpaired) electrons. The maximum Gasteiger partial charge on any atom is 0.239 e. The molecule has 0 amide bonds. The summed E-state index contributed by atoms with van der Waals surface area (Å²) in [4.78, 5) is 15.8. The van der Waals surface area contributed by atoms with E-state index < -0.39 is 15.7 Å². The molecule has 0 unspecified atom stereocenters. The number of rotatable bonds is 3. The first-order chi connectivity index (χ1) is 14.7. The van der Waals surface area contributed by atoms with E-state index in [1.54, 1.807) is 11.4 Å². The van der Waals surface area contributed by atoms with Gasteiger partial charge in [-0.25, -0.2) is 27.3 Å². The summed E-state index contributed by atoms with van der Waals surface area (Å²) >= 11 is 1.29. The second kappa shape index (κ2) is 7.11. The van der Waals surface area contributed by atoms with Crippen LogP contribution in [-0.2, 0) is 14.6 Å². The monoisotopic (exact) mass is 462 g/mol. The Kier molecular flexibility index (Phi) is 4.61. The molecule has 0 spiro atoms. The summed E-state index contributed by atoms with van der Waals surface area (Å²) in [7, 11) is -3.52. The summed E-state index contributed by atoms with van der Waals surface area (Å²) in [5.74, 6) is 0.431. The second-order valence-electron chi connectivity index (χ2n) is 7.45. The van der Waals surface area contributed by atoms with Crippen molar-refractivity contribution in [2.75, 3.05) is 36.6 Å². The molecule has 1 aliphatic heterocycles. The zero-order chi connectivity index (χ0) is 21.9. The van der Waals surface area contributed by atoms with Crippen molar-refractivity contribution in [3.05, 3.63) is 29.4 Å². The maximum absolute atomic E-state index is 13.7. The highest BCUT2D eigenvalue weighted by atomic mass is 32.2. The third kappa shape index (κ3) is 3.30.